The molecule has 0 amide bonds. The predicted molar refractivity (Wildman–Crippen MR) is 50.4 cm³/mol. The fraction of sp³-hybridized carbons (Fsp3) is 0.300. The molecule has 4 nitrogen and oxygen atoms in total. The Hall–Kier alpha value is -1.39. The molecule has 0 radical (unpaired) electrons. The lowest BCUT2D eigenvalue weighted by Gasteiger charge is -2.04. The highest BCUT2D eigenvalue weighted by molar-refractivity contribution is 5.96. The Morgan fingerprint density at radius 1 is 1.36 bits per heavy atom. The van der Waals surface area contributed by atoms with Crippen LogP contribution in [0.2, 0.25) is 0 Å². The molecule has 0 saturated heterocycles. The highest BCUT2D eigenvalue weighted by Gasteiger charge is 2.03. The van der Waals surface area contributed by atoms with Gasteiger partial charge in [-0.3, -0.25) is 4.79 Å². The average molecular weight is 196 g/mol. The lowest BCUT2D eigenvalue weighted by molar-refractivity contribution is 0.0511. The fourth-order valence-corrected chi connectivity index (χ4v) is 0.955. The molecule has 0 fully saturated rings. The van der Waals surface area contributed by atoms with Gasteiger partial charge in [0, 0.05) is 12.7 Å². The number of methoxy groups -OCH3 is 1. The van der Waals surface area contributed by atoms with Crippen molar-refractivity contribution in [3.63, 3.8) is 0 Å². The molecular formula is C10H12O4. The van der Waals surface area contributed by atoms with Crippen molar-refractivity contribution < 1.29 is 19.4 Å². The molecule has 1 aromatic carbocycles. The zero-order valence-electron chi connectivity index (χ0n) is 7.90. The summed E-state index contributed by atoms with van der Waals surface area (Å²) < 4.78 is 9.84. The monoisotopic (exact) mass is 196 g/mol. The largest absolute Gasteiger partial charge is 0.468 e. The predicted octanol–water partition coefficient (Wildman–Crippen LogP) is 0.844. The Morgan fingerprint density at radius 2 is 2.00 bits per heavy atom. The SMILES string of the molecule is COCOc1ccc(C(=O)CO)cc1. The molecule has 0 unspecified atom stereocenters. The first-order valence-corrected chi connectivity index (χ1v) is 4.13. The topological polar surface area (TPSA) is 55.8 Å². The Morgan fingerprint density at radius 3 is 2.50 bits per heavy atom. The minimum Gasteiger partial charge on any atom is -0.468 e. The van der Waals surface area contributed by atoms with Crippen molar-refractivity contribution in [2.45, 2.75) is 0 Å². The Bertz CT molecular complexity index is 291. The second-order valence-electron chi connectivity index (χ2n) is 2.66. The van der Waals surface area contributed by atoms with Crippen LogP contribution in [0.3, 0.4) is 0 Å². The molecule has 1 rings (SSSR count). The van der Waals surface area contributed by atoms with Crippen molar-refractivity contribution in [1.29, 1.82) is 0 Å². The quantitative estimate of drug-likeness (QED) is 0.560. The van der Waals surface area contributed by atoms with Gasteiger partial charge in [-0.2, -0.15) is 0 Å². The molecule has 4 heteroatoms. The van der Waals surface area contributed by atoms with Crippen molar-refractivity contribution in [2.75, 3.05) is 20.5 Å². The van der Waals surface area contributed by atoms with Gasteiger partial charge in [-0.1, -0.05) is 0 Å². The summed E-state index contributed by atoms with van der Waals surface area (Å²) in [6.45, 7) is -0.300. The maximum atomic E-state index is 11.0. The number of rotatable bonds is 5. The first-order chi connectivity index (χ1) is 6.77. The second kappa shape index (κ2) is 5.36. The normalized spacial score (nSPS) is 9.86. The van der Waals surface area contributed by atoms with E-state index in [0.717, 1.165) is 0 Å². The number of aliphatic hydroxyl groups is 1. The van der Waals surface area contributed by atoms with Crippen LogP contribution < -0.4 is 4.74 Å². The van der Waals surface area contributed by atoms with E-state index in [2.05, 4.69) is 0 Å². The molecule has 76 valence electrons. The summed E-state index contributed by atoms with van der Waals surface area (Å²) in [6.07, 6.45) is 0. The first-order valence-electron chi connectivity index (χ1n) is 4.13. The lowest BCUT2D eigenvalue weighted by atomic mass is 10.1. The van der Waals surface area contributed by atoms with E-state index in [-0.39, 0.29) is 12.6 Å². The molecule has 0 aliphatic heterocycles. The van der Waals surface area contributed by atoms with Gasteiger partial charge in [0.15, 0.2) is 12.6 Å². The third kappa shape index (κ3) is 2.83. The van der Waals surface area contributed by atoms with E-state index in [1.54, 1.807) is 24.3 Å². The fourth-order valence-electron chi connectivity index (χ4n) is 0.955. The van der Waals surface area contributed by atoms with Crippen LogP contribution in [0.5, 0.6) is 5.75 Å². The third-order valence-corrected chi connectivity index (χ3v) is 1.66. The molecule has 0 aliphatic carbocycles. The molecule has 1 N–H and O–H groups in total. The molecule has 1 aromatic rings. The van der Waals surface area contributed by atoms with Gasteiger partial charge in [0.05, 0.1) is 0 Å². The first kappa shape index (κ1) is 10.7. The maximum absolute atomic E-state index is 11.0. The smallest absolute Gasteiger partial charge is 0.188 e. The van der Waals surface area contributed by atoms with E-state index in [1.807, 2.05) is 0 Å². The number of carbonyl (C=O) groups is 1. The highest BCUT2D eigenvalue weighted by atomic mass is 16.7. The van der Waals surface area contributed by atoms with E-state index in [4.69, 9.17) is 14.6 Å². The highest BCUT2D eigenvalue weighted by Crippen LogP contribution is 2.12. The number of benzene rings is 1. The van der Waals surface area contributed by atoms with Crippen LogP contribution >= 0.6 is 0 Å². The van der Waals surface area contributed by atoms with Crippen molar-refractivity contribution in [3.8, 4) is 5.75 Å². The van der Waals surface area contributed by atoms with Gasteiger partial charge >= 0.3 is 0 Å². The van der Waals surface area contributed by atoms with Crippen LogP contribution in [0.1, 0.15) is 10.4 Å². The molecular weight excluding hydrogens is 184 g/mol. The van der Waals surface area contributed by atoms with Gasteiger partial charge in [-0.05, 0) is 24.3 Å². The summed E-state index contributed by atoms with van der Waals surface area (Å²) >= 11 is 0. The van der Waals surface area contributed by atoms with Gasteiger partial charge in [0.2, 0.25) is 0 Å². The van der Waals surface area contributed by atoms with Crippen LogP contribution in [0, 0.1) is 0 Å². The zero-order chi connectivity index (χ0) is 10.4. The van der Waals surface area contributed by atoms with Crippen LogP contribution in [-0.2, 0) is 4.74 Å². The Kier molecular flexibility index (Phi) is 4.10. The zero-order valence-corrected chi connectivity index (χ0v) is 7.90. The maximum Gasteiger partial charge on any atom is 0.188 e. The lowest BCUT2D eigenvalue weighted by Crippen LogP contribution is -2.04. The summed E-state index contributed by atoms with van der Waals surface area (Å²) in [7, 11) is 1.53. The van der Waals surface area contributed by atoms with E-state index in [0.29, 0.717) is 11.3 Å². The van der Waals surface area contributed by atoms with Crippen LogP contribution in [0.4, 0.5) is 0 Å². The van der Waals surface area contributed by atoms with E-state index in [1.165, 1.54) is 7.11 Å². The number of hydrogen-bond acceptors (Lipinski definition) is 4. The summed E-state index contributed by atoms with van der Waals surface area (Å²) in [5.74, 6) is 0.324. The number of carbonyl (C=O) groups excluding carboxylic acids is 1. The molecule has 0 atom stereocenters. The molecule has 0 saturated carbocycles. The third-order valence-electron chi connectivity index (χ3n) is 1.66. The molecule has 14 heavy (non-hydrogen) atoms. The summed E-state index contributed by atoms with van der Waals surface area (Å²) in [4.78, 5) is 11.0. The molecule has 0 bridgehead atoms. The number of Topliss-reactive ketones (excluding diaryl/α,β-unsaturated/α-hetero) is 1. The Balaban J connectivity index is 2.63. The van der Waals surface area contributed by atoms with E-state index >= 15 is 0 Å². The van der Waals surface area contributed by atoms with Gasteiger partial charge in [-0.25, -0.2) is 0 Å². The van der Waals surface area contributed by atoms with E-state index < -0.39 is 6.61 Å². The summed E-state index contributed by atoms with van der Waals surface area (Å²) in [5.41, 5.74) is 0.470. The van der Waals surface area contributed by atoms with Gasteiger partial charge in [0.25, 0.3) is 0 Å². The van der Waals surface area contributed by atoms with Crippen molar-refractivity contribution >= 4 is 5.78 Å². The molecule has 0 aliphatic rings. The van der Waals surface area contributed by atoms with Crippen molar-refractivity contribution in [2.24, 2.45) is 0 Å². The minimum absolute atomic E-state index is 0.174. The molecule has 0 spiro atoms. The molecule has 0 aromatic heterocycles. The van der Waals surface area contributed by atoms with Gasteiger partial charge in [0.1, 0.15) is 12.4 Å². The second-order valence-corrected chi connectivity index (χ2v) is 2.66. The van der Waals surface area contributed by atoms with Gasteiger partial charge in [-0.15, -0.1) is 0 Å². The number of ether oxygens (including phenoxy) is 2. The summed E-state index contributed by atoms with van der Waals surface area (Å²) in [6, 6.07) is 6.51. The summed E-state index contributed by atoms with van der Waals surface area (Å²) in [5, 5.41) is 8.60. The standard InChI is InChI=1S/C10H12O4/c1-13-7-14-9-4-2-8(3-5-9)10(12)6-11/h2-5,11H,6-7H2,1H3. The number of ketones is 1. The van der Waals surface area contributed by atoms with Crippen molar-refractivity contribution in [3.05, 3.63) is 29.8 Å². The molecule has 0 heterocycles. The van der Waals surface area contributed by atoms with Crippen molar-refractivity contribution in [1.82, 2.24) is 0 Å². The Labute approximate surface area is 82.1 Å². The van der Waals surface area contributed by atoms with Gasteiger partial charge < -0.3 is 14.6 Å². The number of aliphatic hydroxyl groups excluding tert-OH is 1. The van der Waals surface area contributed by atoms with Crippen LogP contribution in [0.25, 0.3) is 0 Å². The average Bonchev–Trinajstić information content (AvgIpc) is 2.26. The van der Waals surface area contributed by atoms with E-state index in [9.17, 15) is 4.79 Å². The van der Waals surface area contributed by atoms with Crippen LogP contribution in [-0.4, -0.2) is 31.4 Å². The minimum atomic E-state index is -0.474. The number of hydrogen-bond donors (Lipinski definition) is 1. The van der Waals surface area contributed by atoms with Crippen LogP contribution in [0.15, 0.2) is 24.3 Å².